The number of nitrogens with one attached hydrogen (secondary N) is 2. The Morgan fingerprint density at radius 2 is 1.70 bits per heavy atom. The van der Waals surface area contributed by atoms with Crippen LogP contribution in [-0.4, -0.2) is 17.6 Å². The molecule has 4 N–H and O–H groups in total. The molecule has 0 aliphatic rings. The zero-order chi connectivity index (χ0) is 29.4. The molecule has 9 heteroatoms. The summed E-state index contributed by atoms with van der Waals surface area (Å²) < 4.78 is 27.3. The fourth-order valence-electron chi connectivity index (χ4n) is 3.85. The van der Waals surface area contributed by atoms with Crippen molar-refractivity contribution in [1.29, 1.82) is 0 Å². The highest BCUT2D eigenvalue weighted by atomic mass is 19.1. The fourth-order valence-corrected chi connectivity index (χ4v) is 3.85. The van der Waals surface area contributed by atoms with Crippen LogP contribution in [0.1, 0.15) is 40.9 Å². The van der Waals surface area contributed by atoms with Gasteiger partial charge in [0.1, 0.15) is 34.4 Å². The number of rotatable bonds is 8. The number of halogens is 1. The van der Waals surface area contributed by atoms with E-state index in [0.717, 1.165) is 11.1 Å². The van der Waals surface area contributed by atoms with Crippen LogP contribution in [0.25, 0.3) is 0 Å². The molecule has 40 heavy (non-hydrogen) atoms. The predicted octanol–water partition coefficient (Wildman–Crippen LogP) is 6.22. The molecule has 0 spiro atoms. The Morgan fingerprint density at radius 3 is 2.35 bits per heavy atom. The minimum absolute atomic E-state index is 0.00375. The van der Waals surface area contributed by atoms with Crippen LogP contribution in [0.4, 0.5) is 21.6 Å². The van der Waals surface area contributed by atoms with Crippen LogP contribution < -0.4 is 31.4 Å². The molecule has 1 amide bonds. The number of aromatic nitrogens is 1. The summed E-state index contributed by atoms with van der Waals surface area (Å²) in [5, 5.41) is 5.80. The molecular weight excluding hydrogens is 511 g/mol. The average Bonchev–Trinajstić information content (AvgIpc) is 2.95. The second-order valence-electron chi connectivity index (χ2n) is 8.84. The number of carbonyl (C=O) groups excluding carboxylic acids is 1. The Kier molecular flexibility index (Phi) is 9.92. The van der Waals surface area contributed by atoms with E-state index >= 15 is 0 Å². The minimum atomic E-state index is -0.528. The Balaban J connectivity index is 0.00000216. The van der Waals surface area contributed by atoms with Crippen LogP contribution in [0.5, 0.6) is 17.2 Å². The fraction of sp³-hybridized carbons (Fsp3) is 0.226. The van der Waals surface area contributed by atoms with Crippen molar-refractivity contribution in [3.8, 4) is 17.2 Å². The van der Waals surface area contributed by atoms with E-state index in [1.54, 1.807) is 63.4 Å². The van der Waals surface area contributed by atoms with Gasteiger partial charge in [0.15, 0.2) is 0 Å². The smallest absolute Gasteiger partial charge is 0.259 e. The third-order valence-corrected chi connectivity index (χ3v) is 6.17. The zero-order valence-corrected chi connectivity index (χ0v) is 23.6. The molecular formula is C31H35FN4O4. The lowest BCUT2D eigenvalue weighted by molar-refractivity contribution is 0.0948. The largest absolute Gasteiger partial charge is 0.497 e. The van der Waals surface area contributed by atoms with Crippen molar-refractivity contribution in [2.45, 2.75) is 34.2 Å². The van der Waals surface area contributed by atoms with E-state index in [0.29, 0.717) is 22.7 Å². The quantitative estimate of drug-likeness (QED) is 0.226. The van der Waals surface area contributed by atoms with E-state index in [2.05, 4.69) is 10.6 Å². The topological polar surface area (TPSA) is 108 Å². The monoisotopic (exact) mass is 546 g/mol. The van der Waals surface area contributed by atoms with Crippen LogP contribution in [0.2, 0.25) is 0 Å². The summed E-state index contributed by atoms with van der Waals surface area (Å²) in [6, 6.07) is 18.2. The number of methoxy groups -OCH3 is 1. The first-order valence-corrected chi connectivity index (χ1v) is 12.9. The summed E-state index contributed by atoms with van der Waals surface area (Å²) in [6.45, 7) is 7.74. The molecule has 4 rings (SSSR count). The van der Waals surface area contributed by atoms with Gasteiger partial charge in [-0.3, -0.25) is 14.2 Å². The number of nitrogens with two attached hydrogens (primary N) is 1. The molecule has 0 radical (unpaired) electrons. The second kappa shape index (κ2) is 13.3. The second-order valence-corrected chi connectivity index (χ2v) is 8.84. The normalized spacial score (nSPS) is 10.3. The summed E-state index contributed by atoms with van der Waals surface area (Å²) in [4.78, 5) is 26.6. The van der Waals surface area contributed by atoms with E-state index in [1.807, 2.05) is 26.0 Å². The summed E-state index contributed by atoms with van der Waals surface area (Å²) in [7, 11) is 3.07. The number of nitrogen functional groups attached to an aromatic ring is 1. The molecule has 210 valence electrons. The number of pyridine rings is 1. The number of aryl methyl sites for hydroxylation is 1. The molecule has 0 bridgehead atoms. The number of benzene rings is 3. The standard InChI is InChI=1S/C29H29FN4O4.C2H6/c1-17-8-13-23(21(30)14-17)33-28-27(29(36)32-16-19-9-11-20(37-4)12-10-19)25(15-26(35)34(28)3)38-24-7-5-6-22(31)18(24)2;1-2/h5-15,33H,16,31H2,1-4H3,(H,32,36);1-2H3. The first kappa shape index (κ1) is 29.8. The van der Waals surface area contributed by atoms with Gasteiger partial charge in [0.2, 0.25) is 0 Å². The van der Waals surface area contributed by atoms with Gasteiger partial charge < -0.3 is 25.8 Å². The van der Waals surface area contributed by atoms with Gasteiger partial charge in [-0.15, -0.1) is 0 Å². The van der Waals surface area contributed by atoms with E-state index in [1.165, 1.54) is 23.7 Å². The average molecular weight is 547 g/mol. The summed E-state index contributed by atoms with van der Waals surface area (Å²) in [6.07, 6.45) is 0. The number of hydrogen-bond donors (Lipinski definition) is 3. The van der Waals surface area contributed by atoms with Gasteiger partial charge in [0.25, 0.3) is 11.5 Å². The van der Waals surface area contributed by atoms with Gasteiger partial charge in [-0.25, -0.2) is 4.39 Å². The van der Waals surface area contributed by atoms with Crippen molar-refractivity contribution in [2.24, 2.45) is 7.05 Å². The molecule has 8 nitrogen and oxygen atoms in total. The molecule has 0 atom stereocenters. The van der Waals surface area contributed by atoms with E-state index < -0.39 is 17.3 Å². The van der Waals surface area contributed by atoms with Gasteiger partial charge in [-0.05, 0) is 61.4 Å². The lowest BCUT2D eigenvalue weighted by atomic mass is 10.1. The van der Waals surface area contributed by atoms with Crippen LogP contribution in [0, 0.1) is 19.7 Å². The van der Waals surface area contributed by atoms with E-state index in [-0.39, 0.29) is 29.4 Å². The third kappa shape index (κ3) is 6.79. The van der Waals surface area contributed by atoms with Crippen LogP contribution in [0.15, 0.2) is 71.5 Å². The van der Waals surface area contributed by atoms with Crippen molar-refractivity contribution in [3.05, 3.63) is 105 Å². The SMILES string of the molecule is CC.COc1ccc(CNC(=O)c2c(Oc3cccc(N)c3C)cc(=O)n(C)c2Nc2ccc(C)cc2F)cc1. The van der Waals surface area contributed by atoms with Crippen LogP contribution in [-0.2, 0) is 13.6 Å². The van der Waals surface area contributed by atoms with Gasteiger partial charge in [0.05, 0.1) is 12.8 Å². The lowest BCUT2D eigenvalue weighted by Gasteiger charge is -2.20. The number of amides is 1. The maximum Gasteiger partial charge on any atom is 0.259 e. The molecule has 0 fully saturated rings. The van der Waals surface area contributed by atoms with Crippen molar-refractivity contribution < 1.29 is 18.7 Å². The molecule has 0 unspecified atom stereocenters. The Bertz CT molecular complexity index is 1550. The Labute approximate surface area is 233 Å². The maximum atomic E-state index is 14.8. The summed E-state index contributed by atoms with van der Waals surface area (Å²) >= 11 is 0. The van der Waals surface area contributed by atoms with Crippen molar-refractivity contribution in [1.82, 2.24) is 9.88 Å². The molecule has 0 saturated heterocycles. The first-order valence-electron chi connectivity index (χ1n) is 12.9. The van der Waals surface area contributed by atoms with Gasteiger partial charge >= 0.3 is 0 Å². The lowest BCUT2D eigenvalue weighted by Crippen LogP contribution is -2.29. The highest BCUT2D eigenvalue weighted by Gasteiger charge is 2.24. The molecule has 1 aromatic heterocycles. The van der Waals surface area contributed by atoms with Crippen LogP contribution in [0.3, 0.4) is 0 Å². The molecule has 0 saturated carbocycles. The molecule has 4 aromatic rings. The first-order chi connectivity index (χ1) is 19.2. The predicted molar refractivity (Wildman–Crippen MR) is 157 cm³/mol. The Hall–Kier alpha value is -4.79. The van der Waals surface area contributed by atoms with Crippen molar-refractivity contribution in [3.63, 3.8) is 0 Å². The number of carbonyl (C=O) groups is 1. The van der Waals surface area contributed by atoms with Crippen molar-refractivity contribution in [2.75, 3.05) is 18.2 Å². The van der Waals surface area contributed by atoms with Crippen molar-refractivity contribution >= 4 is 23.1 Å². The summed E-state index contributed by atoms with van der Waals surface area (Å²) in [5.41, 5.74) is 8.42. The number of ether oxygens (including phenoxy) is 2. The minimum Gasteiger partial charge on any atom is -0.497 e. The van der Waals surface area contributed by atoms with Crippen LogP contribution >= 0.6 is 0 Å². The van der Waals surface area contributed by atoms with Gasteiger partial charge in [-0.2, -0.15) is 0 Å². The summed E-state index contributed by atoms with van der Waals surface area (Å²) in [5.74, 6) is 0.101. The van der Waals surface area contributed by atoms with E-state index in [4.69, 9.17) is 15.2 Å². The third-order valence-electron chi connectivity index (χ3n) is 6.17. The molecule has 0 aliphatic heterocycles. The number of nitrogens with zero attached hydrogens (tertiary/aromatic N) is 1. The highest BCUT2D eigenvalue weighted by molar-refractivity contribution is 6.02. The van der Waals surface area contributed by atoms with Gasteiger partial charge in [0, 0.05) is 30.9 Å². The highest BCUT2D eigenvalue weighted by Crippen LogP contribution is 2.34. The van der Waals surface area contributed by atoms with E-state index in [9.17, 15) is 14.0 Å². The molecule has 0 aliphatic carbocycles. The number of hydrogen-bond acceptors (Lipinski definition) is 6. The molecule has 3 aromatic carbocycles. The number of anilines is 3. The molecule has 1 heterocycles. The maximum absolute atomic E-state index is 14.8. The van der Waals surface area contributed by atoms with Gasteiger partial charge in [-0.1, -0.05) is 38.1 Å². The Morgan fingerprint density at radius 1 is 1.00 bits per heavy atom. The zero-order valence-electron chi connectivity index (χ0n) is 23.6.